The first kappa shape index (κ1) is 24.2. The standard InChI is InChI=1S/C25H39BS/c1-9-11-18-24(8,10-2)22-15-13-12-14-21(22)19(3)16-17-20(4)25(26,27)23(5,6)7/h11-14,16-18,22,27H,9-10,15H2,1-8H3/b18-11?,19-16+,20-17+. The van der Waals surface area contributed by atoms with Crippen LogP contribution in [0, 0.1) is 16.7 Å². The van der Waals surface area contributed by atoms with Gasteiger partial charge in [-0.15, -0.1) is 0 Å². The third-order valence-electron chi connectivity index (χ3n) is 6.23. The molecule has 0 aromatic rings. The van der Waals surface area contributed by atoms with Crippen molar-refractivity contribution >= 4 is 20.5 Å². The fourth-order valence-electron chi connectivity index (χ4n) is 3.59. The molecule has 0 bridgehead atoms. The normalized spacial score (nSPS) is 23.9. The number of allylic oxidation sites excluding steroid dienone is 9. The molecule has 0 aliphatic heterocycles. The smallest absolute Gasteiger partial charge is 0.0957 e. The van der Waals surface area contributed by atoms with Crippen LogP contribution in [0.15, 0.2) is 59.3 Å². The number of hydrogen-bond donors (Lipinski definition) is 1. The van der Waals surface area contributed by atoms with Crippen molar-refractivity contribution in [3.05, 3.63) is 59.3 Å². The lowest BCUT2D eigenvalue weighted by Gasteiger charge is -2.39. The van der Waals surface area contributed by atoms with E-state index in [1.54, 1.807) is 0 Å². The zero-order valence-electron chi connectivity index (χ0n) is 18.8. The fourth-order valence-corrected chi connectivity index (χ4v) is 3.67. The molecular formula is C25H39BS. The monoisotopic (exact) mass is 382 g/mol. The molecule has 0 aromatic carbocycles. The van der Waals surface area contributed by atoms with E-state index in [2.05, 4.69) is 97.9 Å². The summed E-state index contributed by atoms with van der Waals surface area (Å²) in [5.74, 6) is 0.501. The molecule has 0 fully saturated rings. The molecular weight excluding hydrogens is 343 g/mol. The molecule has 1 aliphatic rings. The summed E-state index contributed by atoms with van der Waals surface area (Å²) in [5, 5.41) is 0. The topological polar surface area (TPSA) is 0 Å². The second kappa shape index (κ2) is 9.55. The summed E-state index contributed by atoms with van der Waals surface area (Å²) in [4.78, 5) is 0. The van der Waals surface area contributed by atoms with Gasteiger partial charge in [0.25, 0.3) is 0 Å². The van der Waals surface area contributed by atoms with E-state index in [1.807, 2.05) is 0 Å². The molecule has 148 valence electrons. The Morgan fingerprint density at radius 1 is 1.19 bits per heavy atom. The van der Waals surface area contributed by atoms with Gasteiger partial charge in [-0.3, -0.25) is 0 Å². The average Bonchev–Trinajstić information content (AvgIpc) is 2.62. The van der Waals surface area contributed by atoms with Gasteiger partial charge in [0.1, 0.15) is 0 Å². The lowest BCUT2D eigenvalue weighted by atomic mass is 9.63. The minimum absolute atomic E-state index is 0.112. The highest BCUT2D eigenvalue weighted by Crippen LogP contribution is 2.44. The van der Waals surface area contributed by atoms with Gasteiger partial charge < -0.3 is 0 Å². The van der Waals surface area contributed by atoms with E-state index in [-0.39, 0.29) is 10.8 Å². The maximum atomic E-state index is 6.51. The van der Waals surface area contributed by atoms with Gasteiger partial charge in [-0.2, -0.15) is 12.6 Å². The molecule has 0 aromatic heterocycles. The molecule has 0 N–H and O–H groups in total. The quantitative estimate of drug-likeness (QED) is 0.199. The van der Waals surface area contributed by atoms with Crippen LogP contribution in [0.25, 0.3) is 0 Å². The Morgan fingerprint density at radius 3 is 2.33 bits per heavy atom. The minimum Gasteiger partial charge on any atom is -0.177 e. The van der Waals surface area contributed by atoms with E-state index in [4.69, 9.17) is 20.5 Å². The van der Waals surface area contributed by atoms with Crippen LogP contribution in [0.1, 0.15) is 74.7 Å². The van der Waals surface area contributed by atoms with Crippen molar-refractivity contribution in [2.45, 2.75) is 79.3 Å². The van der Waals surface area contributed by atoms with Crippen LogP contribution < -0.4 is 0 Å². The van der Waals surface area contributed by atoms with Gasteiger partial charge in [0.05, 0.1) is 7.85 Å². The second-order valence-corrected chi connectivity index (χ2v) is 9.93. The number of hydrogen-bond acceptors (Lipinski definition) is 1. The van der Waals surface area contributed by atoms with Crippen molar-refractivity contribution in [3.63, 3.8) is 0 Å². The van der Waals surface area contributed by atoms with Crippen molar-refractivity contribution < 1.29 is 0 Å². The van der Waals surface area contributed by atoms with Gasteiger partial charge in [0.2, 0.25) is 0 Å². The summed E-state index contributed by atoms with van der Waals surface area (Å²) in [6.45, 7) is 17.6. The zero-order chi connectivity index (χ0) is 20.9. The molecule has 0 saturated carbocycles. The Balaban J connectivity index is 3.22. The van der Waals surface area contributed by atoms with Crippen LogP contribution in [0.3, 0.4) is 0 Å². The molecule has 0 nitrogen and oxygen atoms in total. The predicted octanol–water partition coefficient (Wildman–Crippen LogP) is 7.60. The predicted molar refractivity (Wildman–Crippen MR) is 128 cm³/mol. The third kappa shape index (κ3) is 5.80. The Hall–Kier alpha value is -0.885. The number of rotatable bonds is 7. The second-order valence-electron chi connectivity index (χ2n) is 9.22. The van der Waals surface area contributed by atoms with Gasteiger partial charge in [-0.25, -0.2) is 0 Å². The molecule has 27 heavy (non-hydrogen) atoms. The van der Waals surface area contributed by atoms with Crippen LogP contribution in [0.5, 0.6) is 0 Å². The summed E-state index contributed by atoms with van der Waals surface area (Å²) in [5.41, 5.74) is 3.90. The van der Waals surface area contributed by atoms with Gasteiger partial charge in [-0.1, -0.05) is 89.6 Å². The molecule has 0 heterocycles. The summed E-state index contributed by atoms with van der Waals surface area (Å²) < 4.78 is -0.633. The lowest BCUT2D eigenvalue weighted by molar-refractivity contribution is 0.284. The maximum Gasteiger partial charge on any atom is 0.0957 e. The first-order valence-electron chi connectivity index (χ1n) is 10.3. The molecule has 2 heteroatoms. The van der Waals surface area contributed by atoms with E-state index in [0.717, 1.165) is 24.8 Å². The summed E-state index contributed by atoms with van der Waals surface area (Å²) >= 11 is 4.75. The van der Waals surface area contributed by atoms with Crippen molar-refractivity contribution in [1.29, 1.82) is 0 Å². The molecule has 0 amide bonds. The molecule has 1 aliphatic carbocycles. The Labute approximate surface area is 175 Å². The SMILES string of the molecule is [B]C(S)(/C(C)=C/C=C(\C)C1=CC=CCC1C(C)(C=CCC)CC)C(C)(C)C. The van der Waals surface area contributed by atoms with Crippen molar-refractivity contribution in [2.24, 2.45) is 16.7 Å². The van der Waals surface area contributed by atoms with E-state index in [9.17, 15) is 0 Å². The highest BCUT2D eigenvalue weighted by atomic mass is 32.1. The zero-order valence-corrected chi connectivity index (χ0v) is 19.7. The van der Waals surface area contributed by atoms with Gasteiger partial charge in [0.15, 0.2) is 0 Å². The molecule has 1 rings (SSSR count). The Kier molecular flexibility index (Phi) is 8.54. The average molecular weight is 382 g/mol. The van der Waals surface area contributed by atoms with Crippen LogP contribution in [-0.2, 0) is 0 Å². The van der Waals surface area contributed by atoms with Crippen molar-refractivity contribution in [2.75, 3.05) is 0 Å². The minimum atomic E-state index is -0.633. The third-order valence-corrected chi connectivity index (χ3v) is 7.26. The molecule has 0 saturated heterocycles. The first-order valence-corrected chi connectivity index (χ1v) is 10.8. The van der Waals surface area contributed by atoms with Gasteiger partial charge in [-0.05, 0) is 65.7 Å². The van der Waals surface area contributed by atoms with Crippen LogP contribution in [0.2, 0.25) is 0 Å². The van der Waals surface area contributed by atoms with Crippen molar-refractivity contribution in [1.82, 2.24) is 0 Å². The van der Waals surface area contributed by atoms with E-state index >= 15 is 0 Å². The summed E-state index contributed by atoms with van der Waals surface area (Å²) in [6, 6.07) is 0. The van der Waals surface area contributed by atoms with E-state index in [0.29, 0.717) is 5.92 Å². The Morgan fingerprint density at radius 2 is 1.81 bits per heavy atom. The summed E-state index contributed by atoms with van der Waals surface area (Å²) in [7, 11) is 6.51. The van der Waals surface area contributed by atoms with Gasteiger partial charge >= 0.3 is 0 Å². The molecule has 2 radical (unpaired) electrons. The lowest BCUT2D eigenvalue weighted by Crippen LogP contribution is -2.39. The highest BCUT2D eigenvalue weighted by Gasteiger charge is 2.35. The maximum absolute atomic E-state index is 6.51. The molecule has 3 unspecified atom stereocenters. The van der Waals surface area contributed by atoms with E-state index < -0.39 is 4.65 Å². The summed E-state index contributed by atoms with van der Waals surface area (Å²) in [6.07, 6.45) is 19.2. The first-order chi connectivity index (χ1) is 12.4. The number of thiol groups is 1. The fraction of sp³-hybridized carbons (Fsp3) is 0.600. The van der Waals surface area contributed by atoms with Crippen molar-refractivity contribution in [3.8, 4) is 0 Å². The molecule has 3 atom stereocenters. The van der Waals surface area contributed by atoms with Crippen LogP contribution in [-0.4, -0.2) is 12.5 Å². The highest BCUT2D eigenvalue weighted by molar-refractivity contribution is 7.83. The van der Waals surface area contributed by atoms with Gasteiger partial charge in [0, 0.05) is 0 Å². The van der Waals surface area contributed by atoms with Crippen LogP contribution in [0.4, 0.5) is 0 Å². The van der Waals surface area contributed by atoms with E-state index in [1.165, 1.54) is 11.1 Å². The molecule has 0 spiro atoms. The Bertz CT molecular complexity index is 652. The largest absolute Gasteiger partial charge is 0.177 e. The van der Waals surface area contributed by atoms with Crippen LogP contribution >= 0.6 is 12.6 Å².